The number of hydrogen-bond donors (Lipinski definition) is 3. The lowest BCUT2D eigenvalue weighted by atomic mass is 10.2. The minimum atomic E-state index is -4.94. The molecule has 0 aliphatic carbocycles. The highest BCUT2D eigenvalue weighted by Gasteiger charge is 2.40. The van der Waals surface area contributed by atoms with Crippen LogP contribution in [0.3, 0.4) is 0 Å². The lowest BCUT2D eigenvalue weighted by molar-refractivity contribution is -0.207. The van der Waals surface area contributed by atoms with Gasteiger partial charge in [-0.15, -0.1) is 0 Å². The lowest BCUT2D eigenvalue weighted by Gasteiger charge is -2.12. The second-order valence-electron chi connectivity index (χ2n) is 2.47. The van der Waals surface area contributed by atoms with E-state index in [9.17, 15) is 22.8 Å². The Hall–Kier alpha value is -1.57. The highest BCUT2D eigenvalue weighted by molar-refractivity contribution is 5.09. The van der Waals surface area contributed by atoms with E-state index < -0.39 is 29.1 Å². The van der Waals surface area contributed by atoms with Crippen molar-refractivity contribution in [3.63, 3.8) is 0 Å². The molecule has 0 fully saturated rings. The summed E-state index contributed by atoms with van der Waals surface area (Å²) in [5, 5.41) is 8.66. The third-order valence-electron chi connectivity index (χ3n) is 1.45. The number of H-pyrrole nitrogens is 2. The predicted octanol–water partition coefficient (Wildman–Crippen LogP) is -0.341. The summed E-state index contributed by atoms with van der Waals surface area (Å²) in [5.41, 5.74) is -3.15. The van der Waals surface area contributed by atoms with E-state index in [2.05, 4.69) is 0 Å². The standard InChI is InChI=1S/C6H5F3N2O3/c7-6(8,9)3(12)2-1-10-5(14)11-4(2)13/h1,3,12H,(H2,10,11,13,14)/t3-/m0/s1. The Balaban J connectivity index is 3.21. The minimum absolute atomic E-state index is 0.527. The first-order valence-corrected chi connectivity index (χ1v) is 3.39. The highest BCUT2D eigenvalue weighted by Crippen LogP contribution is 2.29. The Morgan fingerprint density at radius 1 is 1.36 bits per heavy atom. The van der Waals surface area contributed by atoms with Gasteiger partial charge >= 0.3 is 11.9 Å². The third-order valence-corrected chi connectivity index (χ3v) is 1.45. The predicted molar refractivity (Wildman–Crippen MR) is 38.7 cm³/mol. The van der Waals surface area contributed by atoms with Crippen LogP contribution in [0.4, 0.5) is 13.2 Å². The van der Waals surface area contributed by atoms with Crippen LogP contribution in [0.15, 0.2) is 15.8 Å². The van der Waals surface area contributed by atoms with Crippen LogP contribution < -0.4 is 11.2 Å². The second kappa shape index (κ2) is 3.29. The summed E-state index contributed by atoms with van der Waals surface area (Å²) < 4.78 is 35.8. The highest BCUT2D eigenvalue weighted by atomic mass is 19.4. The van der Waals surface area contributed by atoms with Crippen LogP contribution in [0.25, 0.3) is 0 Å². The molecule has 1 rings (SSSR count). The molecule has 0 saturated heterocycles. The van der Waals surface area contributed by atoms with Crippen LogP contribution >= 0.6 is 0 Å². The van der Waals surface area contributed by atoms with E-state index in [0.717, 1.165) is 0 Å². The molecule has 1 atom stereocenters. The van der Waals surface area contributed by atoms with Crippen LogP contribution in [-0.4, -0.2) is 21.3 Å². The van der Waals surface area contributed by atoms with Crippen molar-refractivity contribution < 1.29 is 18.3 Å². The van der Waals surface area contributed by atoms with E-state index in [1.807, 2.05) is 4.98 Å². The largest absolute Gasteiger partial charge is 0.418 e. The van der Waals surface area contributed by atoms with Crippen LogP contribution in [0.2, 0.25) is 0 Å². The number of nitrogens with one attached hydrogen (secondary N) is 2. The van der Waals surface area contributed by atoms with E-state index >= 15 is 0 Å². The molecule has 0 aliphatic rings. The van der Waals surface area contributed by atoms with Gasteiger partial charge in [0, 0.05) is 6.20 Å². The van der Waals surface area contributed by atoms with Crippen LogP contribution in [0.5, 0.6) is 0 Å². The van der Waals surface area contributed by atoms with Gasteiger partial charge < -0.3 is 10.1 Å². The molecule has 0 bridgehead atoms. The molecule has 0 spiro atoms. The fourth-order valence-corrected chi connectivity index (χ4v) is 0.800. The van der Waals surface area contributed by atoms with Crippen LogP contribution in [0, 0.1) is 0 Å². The van der Waals surface area contributed by atoms with Crippen molar-refractivity contribution in [1.29, 1.82) is 0 Å². The topological polar surface area (TPSA) is 85.9 Å². The van der Waals surface area contributed by atoms with Crippen molar-refractivity contribution >= 4 is 0 Å². The van der Waals surface area contributed by atoms with Crippen LogP contribution in [0.1, 0.15) is 11.7 Å². The average molecular weight is 210 g/mol. The van der Waals surface area contributed by atoms with Gasteiger partial charge in [0.1, 0.15) is 0 Å². The number of rotatable bonds is 1. The Kier molecular flexibility index (Phi) is 2.47. The maximum absolute atomic E-state index is 11.9. The summed E-state index contributed by atoms with van der Waals surface area (Å²) in [6.45, 7) is 0. The number of aliphatic hydroxyl groups excluding tert-OH is 1. The number of halogens is 3. The SMILES string of the molecule is O=c1[nH]cc([C@H](O)C(F)(F)F)c(=O)[nH]1. The van der Waals surface area contributed by atoms with Gasteiger partial charge in [-0.3, -0.25) is 9.78 Å². The molecule has 14 heavy (non-hydrogen) atoms. The second-order valence-corrected chi connectivity index (χ2v) is 2.47. The van der Waals surface area contributed by atoms with Gasteiger partial charge in [-0.1, -0.05) is 0 Å². The van der Waals surface area contributed by atoms with Gasteiger partial charge in [-0.05, 0) is 0 Å². The van der Waals surface area contributed by atoms with Gasteiger partial charge in [0.05, 0.1) is 5.56 Å². The first-order chi connectivity index (χ1) is 6.32. The summed E-state index contributed by atoms with van der Waals surface area (Å²) in [7, 11) is 0. The van der Waals surface area contributed by atoms with Gasteiger partial charge in [0.25, 0.3) is 5.56 Å². The molecule has 1 aromatic rings. The molecule has 0 aliphatic heterocycles. The first-order valence-electron chi connectivity index (χ1n) is 3.39. The zero-order valence-corrected chi connectivity index (χ0v) is 6.55. The monoisotopic (exact) mass is 210 g/mol. The molecular weight excluding hydrogens is 205 g/mol. The molecule has 0 aromatic carbocycles. The Bertz CT molecular complexity index is 433. The summed E-state index contributed by atoms with van der Waals surface area (Å²) in [6, 6.07) is 0. The van der Waals surface area contributed by atoms with E-state index in [4.69, 9.17) is 5.11 Å². The molecule has 3 N–H and O–H groups in total. The zero-order chi connectivity index (χ0) is 10.9. The number of aromatic nitrogens is 2. The molecule has 0 radical (unpaired) electrons. The maximum atomic E-state index is 11.9. The molecule has 0 saturated carbocycles. The summed E-state index contributed by atoms with van der Waals surface area (Å²) in [4.78, 5) is 24.6. The molecule has 8 heteroatoms. The average Bonchev–Trinajstić information content (AvgIpc) is 2.01. The quantitative estimate of drug-likeness (QED) is 0.592. The molecule has 78 valence electrons. The lowest BCUT2D eigenvalue weighted by Crippen LogP contribution is -2.31. The van der Waals surface area contributed by atoms with Gasteiger partial charge in [-0.25, -0.2) is 4.79 Å². The molecule has 1 aromatic heterocycles. The zero-order valence-electron chi connectivity index (χ0n) is 6.55. The molecule has 5 nitrogen and oxygen atoms in total. The normalized spacial score (nSPS) is 14.0. The summed E-state index contributed by atoms with van der Waals surface area (Å²) >= 11 is 0. The number of aromatic amines is 2. The van der Waals surface area contributed by atoms with Gasteiger partial charge in [0.15, 0.2) is 6.10 Å². The smallest absolute Gasteiger partial charge is 0.379 e. The van der Waals surface area contributed by atoms with Crippen molar-refractivity contribution in [3.8, 4) is 0 Å². The number of aliphatic hydroxyl groups is 1. The van der Waals surface area contributed by atoms with Gasteiger partial charge in [-0.2, -0.15) is 13.2 Å². The van der Waals surface area contributed by atoms with E-state index in [0.29, 0.717) is 6.20 Å². The van der Waals surface area contributed by atoms with Crippen molar-refractivity contribution in [2.45, 2.75) is 12.3 Å². The third kappa shape index (κ3) is 2.02. The van der Waals surface area contributed by atoms with Crippen molar-refractivity contribution in [2.24, 2.45) is 0 Å². The van der Waals surface area contributed by atoms with Gasteiger partial charge in [0.2, 0.25) is 0 Å². The van der Waals surface area contributed by atoms with Crippen molar-refractivity contribution in [3.05, 3.63) is 32.6 Å². The first kappa shape index (κ1) is 10.5. The fourth-order valence-electron chi connectivity index (χ4n) is 0.800. The molecule has 0 amide bonds. The number of hydrogen-bond acceptors (Lipinski definition) is 3. The van der Waals surface area contributed by atoms with Crippen molar-refractivity contribution in [1.82, 2.24) is 9.97 Å². The summed E-state index contributed by atoms with van der Waals surface area (Å²) in [6.07, 6.45) is -7.31. The molecule has 1 heterocycles. The van der Waals surface area contributed by atoms with E-state index in [-0.39, 0.29) is 0 Å². The summed E-state index contributed by atoms with van der Waals surface area (Å²) in [5.74, 6) is 0. The van der Waals surface area contributed by atoms with Crippen LogP contribution in [-0.2, 0) is 0 Å². The fraction of sp³-hybridized carbons (Fsp3) is 0.333. The Morgan fingerprint density at radius 2 is 1.93 bits per heavy atom. The molecular formula is C6H5F3N2O3. The Morgan fingerprint density at radius 3 is 2.36 bits per heavy atom. The van der Waals surface area contributed by atoms with E-state index in [1.54, 1.807) is 4.98 Å². The van der Waals surface area contributed by atoms with Crippen molar-refractivity contribution in [2.75, 3.05) is 0 Å². The Labute approximate surface area is 74.2 Å². The number of alkyl halides is 3. The molecule has 0 unspecified atom stereocenters. The maximum Gasteiger partial charge on any atom is 0.418 e. The van der Waals surface area contributed by atoms with E-state index in [1.165, 1.54) is 0 Å². The minimum Gasteiger partial charge on any atom is -0.379 e.